The van der Waals surface area contributed by atoms with Gasteiger partial charge in [-0.2, -0.15) is 0 Å². The first-order chi connectivity index (χ1) is 13.6. The summed E-state index contributed by atoms with van der Waals surface area (Å²) in [5, 5.41) is 6.87. The Kier molecular flexibility index (Phi) is 9.36. The topological polar surface area (TPSA) is 45.7 Å². The number of halogens is 2. The number of nitrogens with one attached hydrogen (secondary N) is 2. The zero-order valence-corrected chi connectivity index (χ0v) is 19.5. The Bertz CT molecular complexity index is 789. The lowest BCUT2D eigenvalue weighted by Gasteiger charge is -2.39. The molecule has 2 aromatic carbocycles. The fourth-order valence-electron chi connectivity index (χ4n) is 3.83. The van der Waals surface area contributed by atoms with Crippen LogP contribution in [0.3, 0.4) is 0 Å². The molecular weight excluding hydrogens is 480 g/mol. The maximum Gasteiger partial charge on any atom is 0.191 e. The highest BCUT2D eigenvalue weighted by Crippen LogP contribution is 2.36. The van der Waals surface area contributed by atoms with Crippen LogP contribution in [0.1, 0.15) is 36.5 Å². The Morgan fingerprint density at radius 2 is 1.76 bits per heavy atom. The summed E-state index contributed by atoms with van der Waals surface area (Å²) >= 11 is 0. The highest BCUT2D eigenvalue weighted by molar-refractivity contribution is 14.0. The van der Waals surface area contributed by atoms with Crippen molar-refractivity contribution in [3.63, 3.8) is 0 Å². The molecule has 0 aliphatic carbocycles. The summed E-state index contributed by atoms with van der Waals surface area (Å²) < 4.78 is 18.7. The van der Waals surface area contributed by atoms with Gasteiger partial charge in [-0.05, 0) is 55.5 Å². The monoisotopic (exact) mass is 511 g/mol. The van der Waals surface area contributed by atoms with E-state index in [0.717, 1.165) is 50.7 Å². The molecule has 0 radical (unpaired) electrons. The number of aliphatic imine (C=N–C) groups is 1. The Hall–Kier alpha value is -1.67. The third-order valence-corrected chi connectivity index (χ3v) is 5.44. The van der Waals surface area contributed by atoms with Gasteiger partial charge in [0.05, 0.1) is 6.54 Å². The molecule has 0 spiro atoms. The minimum atomic E-state index is -0.225. The van der Waals surface area contributed by atoms with Gasteiger partial charge in [-0.15, -0.1) is 24.0 Å². The molecule has 1 heterocycles. The van der Waals surface area contributed by atoms with Gasteiger partial charge in [0.2, 0.25) is 0 Å². The predicted octanol–water partition coefficient (Wildman–Crippen LogP) is 4.56. The number of hydrogen-bond acceptors (Lipinski definition) is 2. The summed E-state index contributed by atoms with van der Waals surface area (Å²) in [6.07, 6.45) is 1.98. The van der Waals surface area contributed by atoms with Gasteiger partial charge in [-0.3, -0.25) is 0 Å². The summed E-state index contributed by atoms with van der Waals surface area (Å²) in [6, 6.07) is 15.1. The van der Waals surface area contributed by atoms with Crippen molar-refractivity contribution >= 4 is 29.9 Å². The van der Waals surface area contributed by atoms with E-state index in [1.807, 2.05) is 0 Å². The van der Waals surface area contributed by atoms with Crippen molar-refractivity contribution in [2.45, 2.75) is 38.6 Å². The van der Waals surface area contributed by atoms with Crippen LogP contribution in [0.5, 0.6) is 0 Å². The zero-order chi connectivity index (χ0) is 19.8. The molecule has 0 atom stereocenters. The molecular formula is C23H31FIN3O. The minimum Gasteiger partial charge on any atom is -0.381 e. The Morgan fingerprint density at radius 3 is 2.41 bits per heavy atom. The predicted molar refractivity (Wildman–Crippen MR) is 128 cm³/mol. The first-order valence-corrected chi connectivity index (χ1v) is 10.0. The Labute approximate surface area is 190 Å². The number of hydrogen-bond donors (Lipinski definition) is 2. The summed E-state index contributed by atoms with van der Waals surface area (Å²) in [5.41, 5.74) is 3.73. The van der Waals surface area contributed by atoms with Crippen LogP contribution in [0, 0.1) is 12.7 Å². The number of rotatable bonds is 6. The second-order valence-electron chi connectivity index (χ2n) is 7.38. The molecule has 0 amide bonds. The van der Waals surface area contributed by atoms with Crippen molar-refractivity contribution < 1.29 is 9.13 Å². The van der Waals surface area contributed by atoms with E-state index in [-0.39, 0.29) is 35.2 Å². The fraction of sp³-hybridized carbons (Fsp3) is 0.435. The number of benzene rings is 2. The summed E-state index contributed by atoms with van der Waals surface area (Å²) in [5.74, 6) is 0.559. The lowest BCUT2D eigenvalue weighted by molar-refractivity contribution is 0.0512. The average molecular weight is 511 g/mol. The van der Waals surface area contributed by atoms with Crippen molar-refractivity contribution in [1.29, 1.82) is 0 Å². The van der Waals surface area contributed by atoms with Crippen LogP contribution in [0.4, 0.5) is 4.39 Å². The van der Waals surface area contributed by atoms with Crippen LogP contribution in [0.15, 0.2) is 53.5 Å². The molecule has 1 fully saturated rings. The lowest BCUT2D eigenvalue weighted by atomic mass is 9.72. The van der Waals surface area contributed by atoms with E-state index in [1.165, 1.54) is 23.3 Å². The van der Waals surface area contributed by atoms with E-state index >= 15 is 0 Å². The van der Waals surface area contributed by atoms with Crippen molar-refractivity contribution in [3.05, 3.63) is 71.0 Å². The number of nitrogens with zero attached hydrogens (tertiary/aromatic N) is 1. The second kappa shape index (κ2) is 11.5. The van der Waals surface area contributed by atoms with E-state index in [1.54, 1.807) is 12.1 Å². The molecule has 2 aromatic rings. The van der Waals surface area contributed by atoms with Gasteiger partial charge in [0.1, 0.15) is 5.82 Å². The third kappa shape index (κ3) is 6.40. The molecule has 0 unspecified atom stereocenters. The van der Waals surface area contributed by atoms with Gasteiger partial charge in [-0.1, -0.05) is 36.4 Å². The molecule has 2 N–H and O–H groups in total. The quantitative estimate of drug-likeness (QED) is 0.340. The molecule has 1 aliphatic heterocycles. The molecule has 1 aliphatic rings. The molecule has 4 nitrogen and oxygen atoms in total. The third-order valence-electron chi connectivity index (χ3n) is 5.44. The summed E-state index contributed by atoms with van der Waals surface area (Å²) in [6.45, 7) is 7.89. The highest BCUT2D eigenvalue weighted by atomic mass is 127. The van der Waals surface area contributed by atoms with E-state index < -0.39 is 0 Å². The minimum absolute atomic E-state index is 0. The molecule has 0 aromatic heterocycles. The normalized spacial score (nSPS) is 16.0. The van der Waals surface area contributed by atoms with Gasteiger partial charge in [0.15, 0.2) is 5.96 Å². The molecule has 0 bridgehead atoms. The van der Waals surface area contributed by atoms with Gasteiger partial charge in [0.25, 0.3) is 0 Å². The number of aryl methyl sites for hydroxylation is 1. The van der Waals surface area contributed by atoms with E-state index in [2.05, 4.69) is 53.7 Å². The summed E-state index contributed by atoms with van der Waals surface area (Å²) in [4.78, 5) is 4.69. The van der Waals surface area contributed by atoms with Crippen LogP contribution in [0.25, 0.3) is 0 Å². The molecule has 29 heavy (non-hydrogen) atoms. The van der Waals surface area contributed by atoms with E-state index in [9.17, 15) is 4.39 Å². The van der Waals surface area contributed by atoms with Crippen LogP contribution in [-0.4, -0.2) is 32.3 Å². The highest BCUT2D eigenvalue weighted by Gasteiger charge is 2.35. The molecule has 6 heteroatoms. The zero-order valence-electron chi connectivity index (χ0n) is 17.2. The lowest BCUT2D eigenvalue weighted by Crippen LogP contribution is -2.48. The molecule has 1 saturated heterocycles. The fourth-order valence-corrected chi connectivity index (χ4v) is 3.83. The van der Waals surface area contributed by atoms with Crippen molar-refractivity contribution in [1.82, 2.24) is 10.6 Å². The van der Waals surface area contributed by atoms with Gasteiger partial charge < -0.3 is 15.4 Å². The average Bonchev–Trinajstić information content (AvgIpc) is 2.72. The SMILES string of the molecule is CCNC(=NCc1ccc(F)cc1)NCC1(c2ccccc2C)CCOCC1.I. The van der Waals surface area contributed by atoms with Gasteiger partial charge in [0, 0.05) is 31.7 Å². The number of guanidine groups is 1. The maximum atomic E-state index is 13.1. The smallest absolute Gasteiger partial charge is 0.191 e. The van der Waals surface area contributed by atoms with Gasteiger partial charge in [-0.25, -0.2) is 9.38 Å². The van der Waals surface area contributed by atoms with Crippen LogP contribution >= 0.6 is 24.0 Å². The maximum absolute atomic E-state index is 13.1. The molecule has 3 rings (SSSR count). The van der Waals surface area contributed by atoms with Crippen molar-refractivity contribution in [2.24, 2.45) is 4.99 Å². The standard InChI is InChI=1S/C23H30FN3O.HI/c1-3-25-22(26-16-19-8-10-20(24)11-9-19)27-17-23(12-14-28-15-13-23)21-7-5-4-6-18(21)2;/h4-11H,3,12-17H2,1-2H3,(H2,25,26,27);1H. The number of ether oxygens (including phenoxy) is 1. The van der Waals surface area contributed by atoms with E-state index in [0.29, 0.717) is 6.54 Å². The van der Waals surface area contributed by atoms with Crippen LogP contribution in [0.2, 0.25) is 0 Å². The van der Waals surface area contributed by atoms with Crippen molar-refractivity contribution in [2.75, 3.05) is 26.3 Å². The summed E-state index contributed by atoms with van der Waals surface area (Å²) in [7, 11) is 0. The van der Waals surface area contributed by atoms with Gasteiger partial charge >= 0.3 is 0 Å². The molecule has 158 valence electrons. The Balaban J connectivity index is 0.00000300. The van der Waals surface area contributed by atoms with Crippen molar-refractivity contribution in [3.8, 4) is 0 Å². The second-order valence-corrected chi connectivity index (χ2v) is 7.38. The largest absolute Gasteiger partial charge is 0.381 e. The van der Waals surface area contributed by atoms with E-state index in [4.69, 9.17) is 4.74 Å². The first kappa shape index (κ1) is 23.6. The van der Waals surface area contributed by atoms with Crippen LogP contribution in [-0.2, 0) is 16.7 Å². The Morgan fingerprint density at radius 1 is 1.07 bits per heavy atom. The first-order valence-electron chi connectivity index (χ1n) is 10.0. The molecule has 0 saturated carbocycles. The van der Waals surface area contributed by atoms with Crippen LogP contribution < -0.4 is 10.6 Å².